The summed E-state index contributed by atoms with van der Waals surface area (Å²) >= 11 is 5.85. The summed E-state index contributed by atoms with van der Waals surface area (Å²) < 4.78 is 57.1. The van der Waals surface area contributed by atoms with Gasteiger partial charge in [-0.15, -0.1) is 0 Å². The van der Waals surface area contributed by atoms with E-state index in [4.69, 9.17) is 25.8 Å². The number of carboxylic acids is 1. The van der Waals surface area contributed by atoms with Gasteiger partial charge < -0.3 is 19.3 Å². The van der Waals surface area contributed by atoms with Gasteiger partial charge in [0.15, 0.2) is 11.5 Å². The Morgan fingerprint density at radius 2 is 1.73 bits per heavy atom. The lowest BCUT2D eigenvalue weighted by Gasteiger charge is -2.38. The second-order valence-electron chi connectivity index (χ2n) is 7.77. The van der Waals surface area contributed by atoms with Crippen LogP contribution in [0, 0.1) is 5.92 Å². The highest BCUT2D eigenvalue weighted by atomic mass is 35.5. The molecule has 2 atom stereocenters. The monoisotopic (exact) mass is 487 g/mol. The van der Waals surface area contributed by atoms with Crippen molar-refractivity contribution >= 4 is 17.6 Å². The third-order valence-electron chi connectivity index (χ3n) is 5.78. The Morgan fingerprint density at radius 3 is 2.24 bits per heavy atom. The molecule has 6 nitrogen and oxygen atoms in total. The van der Waals surface area contributed by atoms with Gasteiger partial charge >= 0.3 is 12.1 Å². The van der Waals surface area contributed by atoms with Crippen LogP contribution in [0.15, 0.2) is 30.3 Å². The van der Waals surface area contributed by atoms with Crippen LogP contribution in [0.2, 0.25) is 5.02 Å². The van der Waals surface area contributed by atoms with Crippen molar-refractivity contribution in [1.29, 1.82) is 0 Å². The zero-order chi connectivity index (χ0) is 24.3. The summed E-state index contributed by atoms with van der Waals surface area (Å²) in [4.78, 5) is 13.5. The molecule has 33 heavy (non-hydrogen) atoms. The first kappa shape index (κ1) is 25.0. The lowest BCUT2D eigenvalue weighted by molar-refractivity contribution is -0.143. The smallest absolute Gasteiger partial charge is 0.417 e. The van der Waals surface area contributed by atoms with Gasteiger partial charge in [0, 0.05) is 6.54 Å². The molecule has 0 saturated carbocycles. The molecule has 1 saturated heterocycles. The normalized spacial score (nSPS) is 18.0. The number of alkyl halides is 3. The highest BCUT2D eigenvalue weighted by molar-refractivity contribution is 6.31. The third kappa shape index (κ3) is 5.30. The maximum absolute atomic E-state index is 13.6. The fourth-order valence-electron chi connectivity index (χ4n) is 4.25. The van der Waals surface area contributed by atoms with Crippen LogP contribution in [0.3, 0.4) is 0 Å². The zero-order valence-electron chi connectivity index (χ0n) is 18.4. The first-order chi connectivity index (χ1) is 15.6. The number of piperidine rings is 1. The van der Waals surface area contributed by atoms with Crippen LogP contribution >= 0.6 is 11.6 Å². The predicted molar refractivity (Wildman–Crippen MR) is 116 cm³/mol. The number of methoxy groups -OCH3 is 3. The highest BCUT2D eigenvalue weighted by Gasteiger charge is 2.36. The van der Waals surface area contributed by atoms with Crippen LogP contribution in [0.1, 0.15) is 35.6 Å². The minimum atomic E-state index is -4.64. The van der Waals surface area contributed by atoms with Crippen LogP contribution in [-0.4, -0.2) is 50.4 Å². The lowest BCUT2D eigenvalue weighted by atomic mass is 9.90. The van der Waals surface area contributed by atoms with Gasteiger partial charge in [-0.05, 0) is 54.8 Å². The van der Waals surface area contributed by atoms with Crippen molar-refractivity contribution in [3.05, 3.63) is 52.0 Å². The molecule has 0 radical (unpaired) electrons. The number of nitrogens with zero attached hydrogens (tertiary/aromatic N) is 1. The van der Waals surface area contributed by atoms with Crippen molar-refractivity contribution in [2.75, 3.05) is 34.4 Å². The molecule has 1 heterocycles. The van der Waals surface area contributed by atoms with Crippen LogP contribution in [-0.2, 0) is 11.0 Å². The summed E-state index contributed by atoms with van der Waals surface area (Å²) in [6.45, 7) is 0.690. The second kappa shape index (κ2) is 10.1. The summed E-state index contributed by atoms with van der Waals surface area (Å²) in [5.41, 5.74) is -0.0519. The van der Waals surface area contributed by atoms with E-state index < -0.39 is 34.7 Å². The van der Waals surface area contributed by atoms with Crippen molar-refractivity contribution in [3.8, 4) is 17.2 Å². The quantitative estimate of drug-likeness (QED) is 0.574. The summed E-state index contributed by atoms with van der Waals surface area (Å²) in [5.74, 6) is -0.535. The lowest BCUT2D eigenvalue weighted by Crippen LogP contribution is -2.41. The molecule has 2 aromatic rings. The molecule has 0 amide bonds. The number of likely N-dealkylation sites (tertiary alicyclic amines) is 1. The maximum Gasteiger partial charge on any atom is 0.417 e. The number of carboxylic acid groups (broad SMARTS) is 1. The fourth-order valence-corrected chi connectivity index (χ4v) is 4.47. The Kier molecular flexibility index (Phi) is 7.64. The predicted octanol–water partition coefficient (Wildman–Crippen LogP) is 5.27. The maximum atomic E-state index is 13.6. The van der Waals surface area contributed by atoms with Crippen molar-refractivity contribution < 1.29 is 37.3 Å². The molecule has 0 spiro atoms. The Morgan fingerprint density at radius 1 is 1.09 bits per heavy atom. The molecular weight excluding hydrogens is 463 g/mol. The zero-order valence-corrected chi connectivity index (χ0v) is 19.2. The first-order valence-electron chi connectivity index (χ1n) is 10.2. The number of aliphatic carboxylic acids is 1. The van der Waals surface area contributed by atoms with Crippen molar-refractivity contribution in [3.63, 3.8) is 0 Å². The average Bonchev–Trinajstić information content (AvgIpc) is 2.79. The number of halogens is 4. The molecule has 2 aromatic carbocycles. The van der Waals surface area contributed by atoms with E-state index >= 15 is 0 Å². The fraction of sp³-hybridized carbons (Fsp3) is 0.435. The Balaban J connectivity index is 2.20. The van der Waals surface area contributed by atoms with E-state index in [1.807, 2.05) is 4.90 Å². The topological polar surface area (TPSA) is 68.2 Å². The van der Waals surface area contributed by atoms with Crippen LogP contribution in [0.5, 0.6) is 17.2 Å². The van der Waals surface area contributed by atoms with Crippen LogP contribution in [0.4, 0.5) is 13.2 Å². The largest absolute Gasteiger partial charge is 0.493 e. The Labute approximate surface area is 194 Å². The van der Waals surface area contributed by atoms with Crippen molar-refractivity contribution in [2.24, 2.45) is 5.92 Å². The van der Waals surface area contributed by atoms with Gasteiger partial charge in [0.1, 0.15) is 0 Å². The molecule has 1 fully saturated rings. The van der Waals surface area contributed by atoms with E-state index in [1.54, 1.807) is 12.1 Å². The minimum Gasteiger partial charge on any atom is -0.493 e. The number of hydrogen-bond donors (Lipinski definition) is 1. The number of carbonyl (C=O) groups is 1. The average molecular weight is 488 g/mol. The molecule has 10 heteroatoms. The van der Waals surface area contributed by atoms with Gasteiger partial charge in [-0.25, -0.2) is 0 Å². The number of hydrogen-bond acceptors (Lipinski definition) is 5. The van der Waals surface area contributed by atoms with Crippen molar-refractivity contribution in [1.82, 2.24) is 4.90 Å². The molecule has 1 N–H and O–H groups in total. The number of rotatable bonds is 7. The van der Waals surface area contributed by atoms with Crippen LogP contribution < -0.4 is 14.2 Å². The molecule has 0 bridgehead atoms. The van der Waals surface area contributed by atoms with Gasteiger partial charge in [0.25, 0.3) is 0 Å². The van der Waals surface area contributed by atoms with Gasteiger partial charge in [-0.2, -0.15) is 13.2 Å². The molecular formula is C23H25ClF3NO5. The Hall–Kier alpha value is -2.65. The van der Waals surface area contributed by atoms with E-state index in [0.717, 1.165) is 6.07 Å². The van der Waals surface area contributed by atoms with Gasteiger partial charge in [0.2, 0.25) is 5.75 Å². The first-order valence-corrected chi connectivity index (χ1v) is 10.6. The molecule has 0 aromatic heterocycles. The molecule has 3 rings (SSSR count). The van der Waals surface area contributed by atoms with E-state index in [0.29, 0.717) is 47.8 Å². The highest BCUT2D eigenvalue weighted by Crippen LogP contribution is 2.44. The molecule has 180 valence electrons. The van der Waals surface area contributed by atoms with E-state index in [-0.39, 0.29) is 6.54 Å². The molecule has 2 unspecified atom stereocenters. The van der Waals surface area contributed by atoms with Crippen LogP contribution in [0.25, 0.3) is 0 Å². The summed E-state index contributed by atoms with van der Waals surface area (Å²) in [7, 11) is 4.34. The summed E-state index contributed by atoms with van der Waals surface area (Å²) in [6, 6.07) is 6.38. The van der Waals surface area contributed by atoms with Gasteiger partial charge in [-0.1, -0.05) is 17.7 Å². The van der Waals surface area contributed by atoms with Crippen molar-refractivity contribution in [2.45, 2.75) is 25.1 Å². The molecule has 1 aliphatic heterocycles. The SMILES string of the molecule is COc1cc(C(c2ccc(Cl)c(C(F)(F)F)c2)N2CCCC(C(=O)O)C2)cc(OC)c1OC. The summed E-state index contributed by atoms with van der Waals surface area (Å²) in [5, 5.41) is 9.14. The summed E-state index contributed by atoms with van der Waals surface area (Å²) in [6.07, 6.45) is -3.54. The standard InChI is InChI=1S/C23H25ClF3NO5/c1-31-18-10-15(11-19(32-2)21(18)33-3)20(28-8-4-5-14(12-28)22(29)30)13-6-7-17(24)16(9-13)23(25,26)27/h6-7,9-11,14,20H,4-5,8,12H2,1-3H3,(H,29,30). The second-order valence-corrected chi connectivity index (χ2v) is 8.18. The molecule has 0 aliphatic carbocycles. The number of benzene rings is 2. The third-order valence-corrected chi connectivity index (χ3v) is 6.11. The van der Waals surface area contributed by atoms with E-state index in [9.17, 15) is 23.1 Å². The van der Waals surface area contributed by atoms with E-state index in [1.165, 1.54) is 33.5 Å². The van der Waals surface area contributed by atoms with Gasteiger partial charge in [-0.3, -0.25) is 9.69 Å². The van der Waals surface area contributed by atoms with E-state index in [2.05, 4.69) is 0 Å². The minimum absolute atomic E-state index is 0.181. The Bertz CT molecular complexity index is 989. The van der Waals surface area contributed by atoms with Gasteiger partial charge in [0.05, 0.1) is 43.9 Å². The molecule has 1 aliphatic rings. The number of ether oxygens (including phenoxy) is 3.